The highest BCUT2D eigenvalue weighted by Gasteiger charge is 2.07. The van der Waals surface area contributed by atoms with Crippen LogP contribution >= 0.6 is 11.3 Å². The Balaban J connectivity index is 1.47. The number of ether oxygens (including phenoxy) is 1. The second kappa shape index (κ2) is 9.19. The van der Waals surface area contributed by atoms with E-state index >= 15 is 0 Å². The summed E-state index contributed by atoms with van der Waals surface area (Å²) >= 11 is 1.57. The summed E-state index contributed by atoms with van der Waals surface area (Å²) in [6.07, 6.45) is 0.121. The highest BCUT2D eigenvalue weighted by atomic mass is 32.1. The summed E-state index contributed by atoms with van der Waals surface area (Å²) in [6, 6.07) is 17.5. The van der Waals surface area contributed by atoms with Crippen LogP contribution in [0.25, 0.3) is 10.6 Å². The van der Waals surface area contributed by atoms with Crippen molar-refractivity contribution in [2.24, 2.45) is 0 Å². The Bertz CT molecular complexity index is 878. The van der Waals surface area contributed by atoms with Gasteiger partial charge in [0.05, 0.1) is 18.3 Å². The summed E-state index contributed by atoms with van der Waals surface area (Å²) in [6.45, 7) is 4.80. The maximum Gasteiger partial charge on any atom is 0.315 e. The summed E-state index contributed by atoms with van der Waals surface area (Å²) in [5, 5.41) is 8.62. The number of aromatic nitrogens is 1. The summed E-state index contributed by atoms with van der Waals surface area (Å²) in [7, 11) is 0. The van der Waals surface area contributed by atoms with Crippen molar-refractivity contribution < 1.29 is 9.53 Å². The molecule has 1 aromatic heterocycles. The number of thiazole rings is 1. The third kappa shape index (κ3) is 5.82. The van der Waals surface area contributed by atoms with Gasteiger partial charge in [-0.15, -0.1) is 11.3 Å². The molecule has 3 rings (SSSR count). The van der Waals surface area contributed by atoms with Gasteiger partial charge in [-0.1, -0.05) is 42.5 Å². The molecular formula is C21H23N3O2S. The van der Waals surface area contributed by atoms with E-state index in [1.807, 2.05) is 73.8 Å². The van der Waals surface area contributed by atoms with E-state index < -0.39 is 0 Å². The van der Waals surface area contributed by atoms with Crippen LogP contribution in [0.1, 0.15) is 25.1 Å². The fraction of sp³-hybridized carbons (Fsp3) is 0.238. The number of hydrogen-bond acceptors (Lipinski definition) is 4. The van der Waals surface area contributed by atoms with Crippen molar-refractivity contribution >= 4 is 17.4 Å². The van der Waals surface area contributed by atoms with Crippen LogP contribution in [-0.4, -0.2) is 17.1 Å². The van der Waals surface area contributed by atoms with Gasteiger partial charge in [-0.25, -0.2) is 9.78 Å². The molecule has 0 fully saturated rings. The highest BCUT2D eigenvalue weighted by molar-refractivity contribution is 7.13. The molecule has 0 atom stereocenters. The molecule has 0 saturated carbocycles. The molecule has 2 amide bonds. The van der Waals surface area contributed by atoms with Crippen molar-refractivity contribution in [3.05, 3.63) is 71.2 Å². The van der Waals surface area contributed by atoms with Crippen LogP contribution < -0.4 is 15.4 Å². The van der Waals surface area contributed by atoms with Crippen LogP contribution in [0.15, 0.2) is 60.0 Å². The maximum absolute atomic E-state index is 12.1. The number of urea groups is 1. The van der Waals surface area contributed by atoms with Gasteiger partial charge in [-0.05, 0) is 31.5 Å². The molecule has 0 aliphatic rings. The molecule has 5 nitrogen and oxygen atoms in total. The third-order valence-corrected chi connectivity index (χ3v) is 4.67. The zero-order valence-electron chi connectivity index (χ0n) is 15.4. The van der Waals surface area contributed by atoms with Gasteiger partial charge < -0.3 is 15.4 Å². The Morgan fingerprint density at radius 2 is 1.85 bits per heavy atom. The number of benzene rings is 2. The van der Waals surface area contributed by atoms with E-state index in [0.29, 0.717) is 13.1 Å². The Labute approximate surface area is 163 Å². The smallest absolute Gasteiger partial charge is 0.315 e. The fourth-order valence-electron chi connectivity index (χ4n) is 2.52. The van der Waals surface area contributed by atoms with E-state index in [1.165, 1.54) is 0 Å². The van der Waals surface area contributed by atoms with Gasteiger partial charge in [0.2, 0.25) is 0 Å². The van der Waals surface area contributed by atoms with E-state index in [2.05, 4.69) is 15.6 Å². The van der Waals surface area contributed by atoms with Crippen LogP contribution in [0.3, 0.4) is 0 Å². The molecule has 6 heteroatoms. The normalized spacial score (nSPS) is 10.6. The molecule has 27 heavy (non-hydrogen) atoms. The molecule has 2 aromatic carbocycles. The lowest BCUT2D eigenvalue weighted by atomic mass is 10.2. The minimum atomic E-state index is -0.223. The number of hydrogen-bond donors (Lipinski definition) is 2. The number of amides is 2. The second-order valence-corrected chi connectivity index (χ2v) is 7.22. The summed E-state index contributed by atoms with van der Waals surface area (Å²) in [5.74, 6) is 0.806. The summed E-state index contributed by atoms with van der Waals surface area (Å²) in [4.78, 5) is 16.6. The average molecular weight is 382 g/mol. The SMILES string of the molecule is CC(C)Oc1cccc(CNC(=O)NCc2csc(-c3ccccc3)n2)c1. The Morgan fingerprint density at radius 3 is 2.63 bits per heavy atom. The highest BCUT2D eigenvalue weighted by Crippen LogP contribution is 2.23. The van der Waals surface area contributed by atoms with Crippen molar-refractivity contribution in [1.29, 1.82) is 0 Å². The van der Waals surface area contributed by atoms with Gasteiger partial charge in [-0.3, -0.25) is 0 Å². The largest absolute Gasteiger partial charge is 0.491 e. The first kappa shape index (κ1) is 18.9. The van der Waals surface area contributed by atoms with Crippen molar-refractivity contribution in [1.82, 2.24) is 15.6 Å². The topological polar surface area (TPSA) is 63.2 Å². The van der Waals surface area contributed by atoms with Gasteiger partial charge >= 0.3 is 6.03 Å². The van der Waals surface area contributed by atoms with Crippen LogP contribution in [0.5, 0.6) is 5.75 Å². The standard InChI is InChI=1S/C21H23N3O2S/c1-15(2)26-19-10-6-7-16(11-19)12-22-21(25)23-13-18-14-27-20(24-18)17-8-4-3-5-9-17/h3-11,14-15H,12-13H2,1-2H3,(H2,22,23,25). The predicted molar refractivity (Wildman–Crippen MR) is 109 cm³/mol. The van der Waals surface area contributed by atoms with Crippen molar-refractivity contribution in [3.63, 3.8) is 0 Å². The van der Waals surface area contributed by atoms with Crippen molar-refractivity contribution in [2.75, 3.05) is 0 Å². The molecule has 140 valence electrons. The Hall–Kier alpha value is -2.86. The van der Waals surface area contributed by atoms with Gasteiger partial charge in [0, 0.05) is 17.5 Å². The quantitative estimate of drug-likeness (QED) is 0.629. The number of nitrogens with zero attached hydrogens (tertiary/aromatic N) is 1. The third-order valence-electron chi connectivity index (χ3n) is 3.73. The van der Waals surface area contributed by atoms with Crippen LogP contribution in [0.2, 0.25) is 0 Å². The van der Waals surface area contributed by atoms with E-state index in [0.717, 1.165) is 27.6 Å². The van der Waals surface area contributed by atoms with Gasteiger partial charge in [0.25, 0.3) is 0 Å². The predicted octanol–water partition coefficient (Wildman–Crippen LogP) is 4.60. The monoisotopic (exact) mass is 381 g/mol. The van der Waals surface area contributed by atoms with Crippen molar-refractivity contribution in [3.8, 4) is 16.3 Å². The molecule has 1 heterocycles. The molecule has 0 aliphatic carbocycles. The lowest BCUT2D eigenvalue weighted by Gasteiger charge is -2.11. The van der Waals surface area contributed by atoms with E-state index in [-0.39, 0.29) is 12.1 Å². The minimum Gasteiger partial charge on any atom is -0.491 e. The van der Waals surface area contributed by atoms with E-state index in [1.54, 1.807) is 11.3 Å². The first-order valence-electron chi connectivity index (χ1n) is 8.87. The zero-order valence-corrected chi connectivity index (χ0v) is 16.3. The summed E-state index contributed by atoms with van der Waals surface area (Å²) in [5.41, 5.74) is 2.92. The van der Waals surface area contributed by atoms with Crippen molar-refractivity contribution in [2.45, 2.75) is 33.0 Å². The summed E-state index contributed by atoms with van der Waals surface area (Å²) < 4.78 is 5.67. The molecule has 0 spiro atoms. The number of carbonyl (C=O) groups is 1. The lowest BCUT2D eigenvalue weighted by molar-refractivity contribution is 0.239. The first-order chi connectivity index (χ1) is 13.1. The number of nitrogens with one attached hydrogen (secondary N) is 2. The first-order valence-corrected chi connectivity index (χ1v) is 9.75. The van der Waals surface area contributed by atoms with Crippen LogP contribution in [-0.2, 0) is 13.1 Å². The zero-order chi connectivity index (χ0) is 19.1. The lowest BCUT2D eigenvalue weighted by Crippen LogP contribution is -2.34. The van der Waals surface area contributed by atoms with E-state index in [4.69, 9.17) is 4.74 Å². The number of rotatable bonds is 7. The molecule has 3 aromatic rings. The Morgan fingerprint density at radius 1 is 1.07 bits per heavy atom. The molecule has 0 aliphatic heterocycles. The minimum absolute atomic E-state index is 0.121. The second-order valence-electron chi connectivity index (χ2n) is 6.36. The average Bonchev–Trinajstić information content (AvgIpc) is 3.14. The van der Waals surface area contributed by atoms with Gasteiger partial charge in [0.1, 0.15) is 10.8 Å². The molecule has 0 radical (unpaired) electrons. The fourth-order valence-corrected chi connectivity index (χ4v) is 3.34. The van der Waals surface area contributed by atoms with Crippen LogP contribution in [0, 0.1) is 0 Å². The Kier molecular flexibility index (Phi) is 6.44. The van der Waals surface area contributed by atoms with E-state index in [9.17, 15) is 4.79 Å². The van der Waals surface area contributed by atoms with Crippen LogP contribution in [0.4, 0.5) is 4.79 Å². The number of carbonyl (C=O) groups excluding carboxylic acids is 1. The molecule has 0 unspecified atom stereocenters. The molecule has 2 N–H and O–H groups in total. The molecule has 0 bridgehead atoms. The molecule has 0 saturated heterocycles. The maximum atomic E-state index is 12.1. The molecular weight excluding hydrogens is 358 g/mol. The van der Waals surface area contributed by atoms with Gasteiger partial charge in [0.15, 0.2) is 0 Å². The van der Waals surface area contributed by atoms with Gasteiger partial charge in [-0.2, -0.15) is 0 Å².